The molecule has 10 heteroatoms. The minimum absolute atomic E-state index is 0.0184. The fraction of sp³-hybridized carbons (Fsp3) is 0.500. The molecule has 0 radical (unpaired) electrons. The van der Waals surface area contributed by atoms with Gasteiger partial charge in [-0.05, 0) is 12.1 Å². The van der Waals surface area contributed by atoms with Crippen LogP contribution in [0.1, 0.15) is 5.82 Å². The molecule has 1 unspecified atom stereocenters. The molecule has 2 aromatic rings. The van der Waals surface area contributed by atoms with E-state index in [1.807, 2.05) is 0 Å². The highest BCUT2D eigenvalue weighted by atomic mass is 19.4. The Balaban J connectivity index is 2.32. The van der Waals surface area contributed by atoms with Crippen molar-refractivity contribution >= 4 is 11.5 Å². The van der Waals surface area contributed by atoms with Crippen LogP contribution in [-0.4, -0.2) is 51.3 Å². The number of hydrogen-bond donors (Lipinski definition) is 2. The van der Waals surface area contributed by atoms with Gasteiger partial charge < -0.3 is 15.2 Å². The topological polar surface area (TPSA) is 84.6 Å². The number of nitrogens with zero attached hydrogens (tertiary/aromatic N) is 4. The molecule has 7 nitrogen and oxygen atoms in total. The van der Waals surface area contributed by atoms with Crippen LogP contribution in [0.4, 0.5) is 19.0 Å². The summed E-state index contributed by atoms with van der Waals surface area (Å²) in [6.07, 6.45) is -4.64. The molecule has 0 aromatic carbocycles. The zero-order valence-corrected chi connectivity index (χ0v) is 10.4. The summed E-state index contributed by atoms with van der Waals surface area (Å²) in [6, 6.07) is 2.32. The molecule has 0 saturated carbocycles. The summed E-state index contributed by atoms with van der Waals surface area (Å²) < 4.78 is 43.5. The van der Waals surface area contributed by atoms with E-state index < -0.39 is 18.0 Å². The second kappa shape index (κ2) is 5.59. The van der Waals surface area contributed by atoms with Crippen molar-refractivity contribution in [3.05, 3.63) is 18.0 Å². The number of anilines is 1. The first-order valence-corrected chi connectivity index (χ1v) is 5.61. The fourth-order valence-electron chi connectivity index (χ4n) is 1.59. The minimum Gasteiger partial charge on any atom is -0.394 e. The lowest BCUT2D eigenvalue weighted by molar-refractivity contribution is -0.146. The van der Waals surface area contributed by atoms with Crippen LogP contribution in [0.2, 0.25) is 0 Å². The second-order valence-corrected chi connectivity index (χ2v) is 3.99. The van der Waals surface area contributed by atoms with Crippen molar-refractivity contribution in [2.75, 3.05) is 25.6 Å². The average molecular weight is 291 g/mol. The molecule has 110 valence electrons. The number of aliphatic hydroxyl groups excluding tert-OH is 1. The van der Waals surface area contributed by atoms with Gasteiger partial charge in [0.25, 0.3) is 5.82 Å². The highest BCUT2D eigenvalue weighted by Crippen LogP contribution is 2.27. The largest absolute Gasteiger partial charge is 0.453 e. The maximum atomic E-state index is 12.7. The predicted octanol–water partition coefficient (Wildman–Crippen LogP) is 0.562. The first-order valence-electron chi connectivity index (χ1n) is 5.61. The Morgan fingerprint density at radius 1 is 1.40 bits per heavy atom. The molecule has 20 heavy (non-hydrogen) atoms. The Kier molecular flexibility index (Phi) is 4.04. The molecule has 0 aliphatic heterocycles. The third-order valence-electron chi connectivity index (χ3n) is 2.46. The van der Waals surface area contributed by atoms with Gasteiger partial charge in [0.2, 0.25) is 0 Å². The maximum absolute atomic E-state index is 12.7. The van der Waals surface area contributed by atoms with Gasteiger partial charge in [0.1, 0.15) is 5.82 Å². The van der Waals surface area contributed by atoms with Gasteiger partial charge in [-0.2, -0.15) is 17.7 Å². The van der Waals surface area contributed by atoms with Crippen molar-refractivity contribution in [2.45, 2.75) is 12.2 Å². The SMILES string of the molecule is COCC(CO)Nc1ccc2nnc(C(F)(F)F)n2n1. The van der Waals surface area contributed by atoms with Crippen LogP contribution in [0.5, 0.6) is 0 Å². The second-order valence-electron chi connectivity index (χ2n) is 3.99. The third-order valence-corrected chi connectivity index (χ3v) is 2.46. The van der Waals surface area contributed by atoms with E-state index in [4.69, 9.17) is 9.84 Å². The molecule has 2 heterocycles. The lowest BCUT2D eigenvalue weighted by Crippen LogP contribution is -2.29. The van der Waals surface area contributed by atoms with E-state index in [0.717, 1.165) is 0 Å². The molecular formula is C10H12F3N5O2. The van der Waals surface area contributed by atoms with Crippen LogP contribution in [-0.2, 0) is 10.9 Å². The molecule has 0 saturated heterocycles. The normalized spacial score (nSPS) is 13.7. The van der Waals surface area contributed by atoms with E-state index in [0.29, 0.717) is 4.52 Å². The van der Waals surface area contributed by atoms with Crippen LogP contribution in [0.25, 0.3) is 5.65 Å². The third kappa shape index (κ3) is 2.96. The highest BCUT2D eigenvalue weighted by molar-refractivity contribution is 5.44. The summed E-state index contributed by atoms with van der Waals surface area (Å²) in [5.74, 6) is -1.05. The molecule has 0 amide bonds. The van der Waals surface area contributed by atoms with Crippen molar-refractivity contribution in [3.8, 4) is 0 Å². The lowest BCUT2D eigenvalue weighted by Gasteiger charge is -2.15. The summed E-state index contributed by atoms with van der Waals surface area (Å²) in [5, 5.41) is 22.1. The summed E-state index contributed by atoms with van der Waals surface area (Å²) in [7, 11) is 1.45. The standard InChI is InChI=1S/C10H12F3N5O2/c1-20-5-6(4-19)14-7-2-3-8-15-16-9(10(11,12)13)18(8)17-7/h2-3,6,19H,4-5H2,1H3,(H,14,17). The lowest BCUT2D eigenvalue weighted by atomic mass is 10.3. The number of alkyl halides is 3. The molecular weight excluding hydrogens is 279 g/mol. The minimum atomic E-state index is -4.64. The molecule has 0 spiro atoms. The Labute approximate surface area is 111 Å². The van der Waals surface area contributed by atoms with Crippen molar-refractivity contribution < 1.29 is 23.0 Å². The van der Waals surface area contributed by atoms with Crippen LogP contribution >= 0.6 is 0 Å². The number of ether oxygens (including phenoxy) is 1. The van der Waals surface area contributed by atoms with E-state index in [9.17, 15) is 13.2 Å². The molecule has 0 fully saturated rings. The Morgan fingerprint density at radius 3 is 2.75 bits per heavy atom. The van der Waals surface area contributed by atoms with Crippen molar-refractivity contribution in [3.63, 3.8) is 0 Å². The molecule has 2 rings (SSSR count). The monoisotopic (exact) mass is 291 g/mol. The average Bonchev–Trinajstić information content (AvgIpc) is 2.81. The van der Waals surface area contributed by atoms with Gasteiger partial charge >= 0.3 is 6.18 Å². The van der Waals surface area contributed by atoms with Gasteiger partial charge in [-0.25, -0.2) is 0 Å². The molecule has 2 N–H and O–H groups in total. The summed E-state index contributed by atoms with van der Waals surface area (Å²) >= 11 is 0. The van der Waals surface area contributed by atoms with Gasteiger partial charge in [0.05, 0.1) is 19.3 Å². The summed E-state index contributed by atoms with van der Waals surface area (Å²) in [5.41, 5.74) is -0.0184. The van der Waals surface area contributed by atoms with Gasteiger partial charge in [0.15, 0.2) is 5.65 Å². The number of methoxy groups -OCH3 is 1. The Morgan fingerprint density at radius 2 is 2.15 bits per heavy atom. The smallest absolute Gasteiger partial charge is 0.394 e. The Hall–Kier alpha value is -1.94. The highest BCUT2D eigenvalue weighted by Gasteiger charge is 2.37. The number of rotatable bonds is 5. The van der Waals surface area contributed by atoms with Gasteiger partial charge in [-0.15, -0.1) is 15.3 Å². The van der Waals surface area contributed by atoms with E-state index in [-0.39, 0.29) is 24.7 Å². The van der Waals surface area contributed by atoms with Gasteiger partial charge in [0, 0.05) is 7.11 Å². The number of aliphatic hydroxyl groups is 1. The molecule has 1 atom stereocenters. The zero-order chi connectivity index (χ0) is 14.8. The van der Waals surface area contributed by atoms with Crippen LogP contribution < -0.4 is 5.32 Å². The molecule has 0 bridgehead atoms. The first kappa shape index (κ1) is 14.5. The Bertz CT molecular complexity index is 586. The van der Waals surface area contributed by atoms with Gasteiger partial charge in [-0.3, -0.25) is 0 Å². The quantitative estimate of drug-likeness (QED) is 0.837. The number of halogens is 3. The first-order chi connectivity index (χ1) is 9.45. The zero-order valence-electron chi connectivity index (χ0n) is 10.4. The number of nitrogens with one attached hydrogen (secondary N) is 1. The number of fused-ring (bicyclic) bond motifs is 1. The summed E-state index contributed by atoms with van der Waals surface area (Å²) in [6.45, 7) is -0.0631. The fourth-order valence-corrected chi connectivity index (χ4v) is 1.59. The number of aromatic nitrogens is 4. The van der Waals surface area contributed by atoms with Crippen molar-refractivity contribution in [2.24, 2.45) is 0 Å². The van der Waals surface area contributed by atoms with Crippen molar-refractivity contribution in [1.82, 2.24) is 19.8 Å². The number of hydrogen-bond acceptors (Lipinski definition) is 6. The van der Waals surface area contributed by atoms with Gasteiger partial charge in [-0.1, -0.05) is 0 Å². The molecule has 2 aromatic heterocycles. The van der Waals surface area contributed by atoms with E-state index in [2.05, 4.69) is 20.6 Å². The predicted molar refractivity (Wildman–Crippen MR) is 62.2 cm³/mol. The summed E-state index contributed by atoms with van der Waals surface area (Å²) in [4.78, 5) is 0. The van der Waals surface area contributed by atoms with Crippen molar-refractivity contribution in [1.29, 1.82) is 0 Å². The van der Waals surface area contributed by atoms with Crippen LogP contribution in [0.15, 0.2) is 12.1 Å². The molecule has 0 aliphatic rings. The van der Waals surface area contributed by atoms with Crippen LogP contribution in [0.3, 0.4) is 0 Å². The van der Waals surface area contributed by atoms with Crippen LogP contribution in [0, 0.1) is 0 Å². The van der Waals surface area contributed by atoms with E-state index in [1.165, 1.54) is 19.2 Å². The maximum Gasteiger partial charge on any atom is 0.453 e. The molecule has 0 aliphatic carbocycles. The van der Waals surface area contributed by atoms with E-state index in [1.54, 1.807) is 0 Å². The van der Waals surface area contributed by atoms with E-state index >= 15 is 0 Å².